The number of aromatic nitrogens is 2. The highest BCUT2D eigenvalue weighted by Gasteiger charge is 2.17. The molecule has 0 fully saturated rings. The number of hydrogen-bond acceptors (Lipinski definition) is 6. The van der Waals surface area contributed by atoms with Crippen LogP contribution in [0.2, 0.25) is 0 Å². The first-order chi connectivity index (χ1) is 11.6. The van der Waals surface area contributed by atoms with Gasteiger partial charge in [-0.25, -0.2) is 4.79 Å². The summed E-state index contributed by atoms with van der Waals surface area (Å²) in [6.45, 7) is 2.05. The minimum atomic E-state index is -0.882. The lowest BCUT2D eigenvalue weighted by Gasteiger charge is -2.14. The quantitative estimate of drug-likeness (QED) is 0.674. The van der Waals surface area contributed by atoms with Crippen molar-refractivity contribution in [1.29, 1.82) is 0 Å². The van der Waals surface area contributed by atoms with Gasteiger partial charge in [0, 0.05) is 5.56 Å². The average molecular weight is 347 g/mol. The second-order valence-corrected chi connectivity index (χ2v) is 6.45. The van der Waals surface area contributed by atoms with Crippen LogP contribution in [0.25, 0.3) is 11.3 Å². The van der Waals surface area contributed by atoms with E-state index >= 15 is 0 Å². The zero-order valence-corrected chi connectivity index (χ0v) is 14.5. The number of benzene rings is 1. The maximum Gasteiger partial charge on any atom is 0.326 e. The van der Waals surface area contributed by atoms with Crippen LogP contribution in [0.4, 0.5) is 5.82 Å². The zero-order valence-electron chi connectivity index (χ0n) is 13.7. The van der Waals surface area contributed by atoms with E-state index in [9.17, 15) is 9.90 Å². The minimum absolute atomic E-state index is 0.459. The summed E-state index contributed by atoms with van der Waals surface area (Å²) in [4.78, 5) is 11.3. The van der Waals surface area contributed by atoms with Crippen molar-refractivity contribution in [3.05, 3.63) is 36.4 Å². The lowest BCUT2D eigenvalue weighted by atomic mass is 10.1. The number of carbonyl (C=O) groups is 1. The van der Waals surface area contributed by atoms with Gasteiger partial charge in [0.1, 0.15) is 17.6 Å². The molecule has 2 rings (SSSR count). The average Bonchev–Trinajstić information content (AvgIpc) is 2.61. The summed E-state index contributed by atoms with van der Waals surface area (Å²) in [6.07, 6.45) is 0.537. The van der Waals surface area contributed by atoms with Gasteiger partial charge in [0.05, 0.1) is 12.8 Å². The van der Waals surface area contributed by atoms with Crippen LogP contribution in [0.3, 0.4) is 0 Å². The van der Waals surface area contributed by atoms with Crippen molar-refractivity contribution in [2.24, 2.45) is 0 Å². The van der Waals surface area contributed by atoms with E-state index < -0.39 is 12.0 Å². The van der Waals surface area contributed by atoms with Crippen molar-refractivity contribution >= 4 is 23.5 Å². The van der Waals surface area contributed by atoms with Crippen molar-refractivity contribution in [2.75, 3.05) is 23.9 Å². The number of nitrogens with one attached hydrogen (secondary N) is 1. The Morgan fingerprint density at radius 3 is 2.54 bits per heavy atom. The van der Waals surface area contributed by atoms with E-state index in [2.05, 4.69) is 22.4 Å². The monoisotopic (exact) mass is 347 g/mol. The van der Waals surface area contributed by atoms with Crippen molar-refractivity contribution in [2.45, 2.75) is 19.4 Å². The Morgan fingerprint density at radius 2 is 2.00 bits per heavy atom. The number of aliphatic carboxylic acids is 1. The maximum absolute atomic E-state index is 11.3. The molecule has 128 valence electrons. The fraction of sp³-hybridized carbons (Fsp3) is 0.353. The number of hydrogen-bond donors (Lipinski definition) is 2. The standard InChI is InChI=1S/C17H21N3O3S/c1-3-24-11-10-15(17(21)22)18-16-9-8-14(19-20-16)12-4-6-13(23-2)7-5-12/h4-9,15H,3,10-11H2,1-2H3,(H,18,20)(H,21,22). The third-order valence-corrected chi connectivity index (χ3v) is 4.36. The predicted octanol–water partition coefficient (Wildman–Crippen LogP) is 3.16. The Bertz CT molecular complexity index is 647. The third-order valence-electron chi connectivity index (χ3n) is 3.43. The molecule has 0 aliphatic carbocycles. The van der Waals surface area contributed by atoms with E-state index in [0.717, 1.165) is 28.5 Å². The van der Waals surface area contributed by atoms with Crippen LogP contribution in [0, 0.1) is 0 Å². The summed E-state index contributed by atoms with van der Waals surface area (Å²) in [5.41, 5.74) is 1.64. The molecule has 1 heterocycles. The van der Waals surface area contributed by atoms with Gasteiger partial charge in [0.2, 0.25) is 0 Å². The Labute approximate surface area is 145 Å². The lowest BCUT2D eigenvalue weighted by molar-refractivity contribution is -0.137. The van der Waals surface area contributed by atoms with Gasteiger partial charge in [-0.3, -0.25) is 0 Å². The van der Waals surface area contributed by atoms with Crippen molar-refractivity contribution in [3.63, 3.8) is 0 Å². The lowest BCUT2D eigenvalue weighted by Crippen LogP contribution is -2.30. The van der Waals surface area contributed by atoms with Crippen molar-refractivity contribution in [1.82, 2.24) is 10.2 Å². The molecule has 1 aromatic heterocycles. The molecule has 0 saturated carbocycles. The number of nitrogens with zero attached hydrogens (tertiary/aromatic N) is 2. The molecule has 0 saturated heterocycles. The van der Waals surface area contributed by atoms with Gasteiger partial charge >= 0.3 is 5.97 Å². The first kappa shape index (κ1) is 18.1. The van der Waals surface area contributed by atoms with Crippen molar-refractivity contribution < 1.29 is 14.6 Å². The van der Waals surface area contributed by atoms with Crippen LogP contribution in [0.5, 0.6) is 5.75 Å². The SMILES string of the molecule is CCSCCC(Nc1ccc(-c2ccc(OC)cc2)nn1)C(=O)O. The number of methoxy groups -OCH3 is 1. The molecule has 2 N–H and O–H groups in total. The summed E-state index contributed by atoms with van der Waals surface area (Å²) < 4.78 is 5.13. The highest BCUT2D eigenvalue weighted by molar-refractivity contribution is 7.99. The summed E-state index contributed by atoms with van der Waals surface area (Å²) >= 11 is 1.72. The molecule has 0 aliphatic rings. The Balaban J connectivity index is 2.02. The number of rotatable bonds is 9. The fourth-order valence-corrected chi connectivity index (χ4v) is 2.80. The van der Waals surface area contributed by atoms with E-state index in [-0.39, 0.29) is 0 Å². The zero-order chi connectivity index (χ0) is 17.4. The number of thioether (sulfide) groups is 1. The Hall–Kier alpha value is -2.28. The second kappa shape index (κ2) is 9.12. The Morgan fingerprint density at radius 1 is 1.25 bits per heavy atom. The van der Waals surface area contributed by atoms with Gasteiger partial charge < -0.3 is 15.2 Å². The van der Waals surface area contributed by atoms with E-state index in [0.29, 0.717) is 12.2 Å². The van der Waals surface area contributed by atoms with Crippen molar-refractivity contribution in [3.8, 4) is 17.0 Å². The van der Waals surface area contributed by atoms with Gasteiger partial charge in [0.15, 0.2) is 0 Å². The van der Waals surface area contributed by atoms with Gasteiger partial charge in [-0.1, -0.05) is 6.92 Å². The van der Waals surface area contributed by atoms with Crippen LogP contribution < -0.4 is 10.1 Å². The number of carboxylic acid groups (broad SMARTS) is 1. The number of anilines is 1. The van der Waals surface area contributed by atoms with E-state index in [1.165, 1.54) is 0 Å². The summed E-state index contributed by atoms with van der Waals surface area (Å²) in [6, 6.07) is 10.4. The number of carboxylic acids is 1. The van der Waals surface area contributed by atoms with Crippen LogP contribution in [0.1, 0.15) is 13.3 Å². The molecule has 24 heavy (non-hydrogen) atoms. The number of ether oxygens (including phenoxy) is 1. The molecule has 2 aromatic rings. The third kappa shape index (κ3) is 5.13. The van der Waals surface area contributed by atoms with Gasteiger partial charge in [-0.2, -0.15) is 11.8 Å². The van der Waals surface area contributed by atoms with E-state index in [4.69, 9.17) is 4.74 Å². The summed E-state index contributed by atoms with van der Waals surface area (Å²) in [7, 11) is 1.62. The molecule has 0 aliphatic heterocycles. The smallest absolute Gasteiger partial charge is 0.326 e. The van der Waals surface area contributed by atoms with Gasteiger partial charge in [0.25, 0.3) is 0 Å². The normalized spacial score (nSPS) is 11.8. The topological polar surface area (TPSA) is 84.3 Å². The molecule has 1 unspecified atom stereocenters. The van der Waals surface area contributed by atoms with Crippen LogP contribution >= 0.6 is 11.8 Å². The molecule has 1 aromatic carbocycles. The molecule has 6 nitrogen and oxygen atoms in total. The van der Waals surface area contributed by atoms with E-state index in [1.807, 2.05) is 30.3 Å². The molecule has 0 spiro atoms. The molecular formula is C17H21N3O3S. The fourth-order valence-electron chi connectivity index (χ4n) is 2.11. The Kier molecular flexibility index (Phi) is 6.87. The molecule has 1 atom stereocenters. The van der Waals surface area contributed by atoms with Crippen LogP contribution in [-0.4, -0.2) is 45.9 Å². The maximum atomic E-state index is 11.3. The van der Waals surface area contributed by atoms with Crippen LogP contribution in [0.15, 0.2) is 36.4 Å². The van der Waals surface area contributed by atoms with Gasteiger partial charge in [-0.15, -0.1) is 10.2 Å². The summed E-state index contributed by atoms with van der Waals surface area (Å²) in [5, 5.41) is 20.5. The first-order valence-corrected chi connectivity index (χ1v) is 8.84. The van der Waals surface area contributed by atoms with Crippen LogP contribution in [-0.2, 0) is 4.79 Å². The first-order valence-electron chi connectivity index (χ1n) is 7.69. The molecule has 0 radical (unpaired) electrons. The largest absolute Gasteiger partial charge is 0.497 e. The highest BCUT2D eigenvalue weighted by Crippen LogP contribution is 2.21. The summed E-state index contributed by atoms with van der Waals surface area (Å²) in [5.74, 6) is 2.12. The van der Waals surface area contributed by atoms with Gasteiger partial charge in [-0.05, 0) is 54.3 Å². The minimum Gasteiger partial charge on any atom is -0.497 e. The molecular weight excluding hydrogens is 326 g/mol. The highest BCUT2D eigenvalue weighted by atomic mass is 32.2. The second-order valence-electron chi connectivity index (χ2n) is 5.05. The molecule has 0 bridgehead atoms. The molecule has 0 amide bonds. The van der Waals surface area contributed by atoms with E-state index in [1.54, 1.807) is 24.9 Å². The molecule has 7 heteroatoms. The predicted molar refractivity (Wildman–Crippen MR) is 96.7 cm³/mol.